The van der Waals surface area contributed by atoms with Gasteiger partial charge in [-0.05, 0) is 30.6 Å². The first-order valence-electron chi connectivity index (χ1n) is 8.99. The molecule has 6 nitrogen and oxygen atoms in total. The Labute approximate surface area is 149 Å². The van der Waals surface area contributed by atoms with Gasteiger partial charge in [-0.15, -0.1) is 0 Å². The number of rotatable bonds is 4. The Morgan fingerprint density at radius 1 is 1.28 bits per heavy atom. The number of likely N-dealkylation sites (tertiary alicyclic amines) is 1. The molecular formula is C19H27N5O. The van der Waals surface area contributed by atoms with Crippen LogP contribution >= 0.6 is 0 Å². The van der Waals surface area contributed by atoms with Gasteiger partial charge in [-0.25, -0.2) is 9.97 Å². The average molecular weight is 341 g/mol. The summed E-state index contributed by atoms with van der Waals surface area (Å²) >= 11 is 0. The topological polar surface area (TPSA) is 74.8 Å². The van der Waals surface area contributed by atoms with Crippen molar-refractivity contribution >= 4 is 5.91 Å². The molecule has 1 amide bonds. The predicted octanol–water partition coefficient (Wildman–Crippen LogP) is 3.08. The molecule has 1 saturated heterocycles. The van der Waals surface area contributed by atoms with Gasteiger partial charge < -0.3 is 9.88 Å². The fraction of sp³-hybridized carbons (Fsp3) is 0.579. The second-order valence-corrected chi connectivity index (χ2v) is 8.12. The molecule has 1 aliphatic heterocycles. The van der Waals surface area contributed by atoms with Crippen molar-refractivity contribution in [1.82, 2.24) is 24.8 Å². The number of aromatic amines is 1. The fourth-order valence-corrected chi connectivity index (χ4v) is 3.31. The van der Waals surface area contributed by atoms with Gasteiger partial charge in [0, 0.05) is 38.1 Å². The highest BCUT2D eigenvalue weighted by atomic mass is 16.2. The van der Waals surface area contributed by atoms with Gasteiger partial charge in [-0.1, -0.05) is 20.8 Å². The van der Waals surface area contributed by atoms with Crippen molar-refractivity contribution in [3.05, 3.63) is 30.5 Å². The zero-order valence-electron chi connectivity index (χ0n) is 15.3. The molecule has 6 heteroatoms. The Morgan fingerprint density at radius 3 is 2.76 bits per heavy atom. The van der Waals surface area contributed by atoms with Crippen molar-refractivity contribution in [2.24, 2.45) is 11.3 Å². The van der Waals surface area contributed by atoms with E-state index < -0.39 is 0 Å². The van der Waals surface area contributed by atoms with E-state index in [1.807, 2.05) is 11.1 Å². The zero-order chi connectivity index (χ0) is 17.9. The predicted molar refractivity (Wildman–Crippen MR) is 96.7 cm³/mol. The molecule has 0 bridgehead atoms. The van der Waals surface area contributed by atoms with E-state index in [2.05, 4.69) is 40.7 Å². The Morgan fingerprint density at radius 2 is 2.12 bits per heavy atom. The van der Waals surface area contributed by atoms with Crippen LogP contribution < -0.4 is 0 Å². The summed E-state index contributed by atoms with van der Waals surface area (Å²) in [6.45, 7) is 8.05. The number of aromatic nitrogens is 4. The third kappa shape index (κ3) is 4.87. The summed E-state index contributed by atoms with van der Waals surface area (Å²) in [5.41, 5.74) is 1.77. The quantitative estimate of drug-likeness (QED) is 0.927. The fourth-order valence-electron chi connectivity index (χ4n) is 3.31. The normalized spacial score (nSPS) is 18.4. The minimum absolute atomic E-state index is 0.0389. The number of carbonyl (C=O) groups excluding carboxylic acids is 1. The van der Waals surface area contributed by atoms with Gasteiger partial charge in [0.05, 0.1) is 11.9 Å². The van der Waals surface area contributed by atoms with Gasteiger partial charge in [-0.3, -0.25) is 9.78 Å². The van der Waals surface area contributed by atoms with E-state index in [0.717, 1.165) is 49.6 Å². The number of hydrogen-bond acceptors (Lipinski definition) is 4. The molecular weight excluding hydrogens is 314 g/mol. The second kappa shape index (κ2) is 7.33. The number of carbonyl (C=O) groups is 1. The highest BCUT2D eigenvalue weighted by Crippen LogP contribution is 2.25. The summed E-state index contributed by atoms with van der Waals surface area (Å²) in [6.07, 6.45) is 10.8. The Balaban J connectivity index is 1.58. The second-order valence-electron chi connectivity index (χ2n) is 8.12. The van der Waals surface area contributed by atoms with Gasteiger partial charge in [0.25, 0.3) is 0 Å². The van der Waals surface area contributed by atoms with Gasteiger partial charge in [0.1, 0.15) is 5.69 Å². The number of amides is 1. The smallest absolute Gasteiger partial charge is 0.223 e. The molecule has 2 aromatic heterocycles. The summed E-state index contributed by atoms with van der Waals surface area (Å²) in [6, 6.07) is 0. The van der Waals surface area contributed by atoms with Crippen LogP contribution in [-0.4, -0.2) is 43.8 Å². The lowest BCUT2D eigenvalue weighted by Crippen LogP contribution is -2.41. The maximum Gasteiger partial charge on any atom is 0.223 e. The van der Waals surface area contributed by atoms with Crippen LogP contribution in [0, 0.1) is 11.3 Å². The third-order valence-electron chi connectivity index (χ3n) is 4.50. The van der Waals surface area contributed by atoms with Gasteiger partial charge >= 0.3 is 0 Å². The largest absolute Gasteiger partial charge is 0.343 e. The first-order valence-corrected chi connectivity index (χ1v) is 8.99. The van der Waals surface area contributed by atoms with E-state index in [4.69, 9.17) is 0 Å². The van der Waals surface area contributed by atoms with Gasteiger partial charge in [0.15, 0.2) is 5.82 Å². The number of imidazole rings is 1. The molecule has 1 fully saturated rings. The molecule has 0 aliphatic carbocycles. The van der Waals surface area contributed by atoms with Crippen molar-refractivity contribution in [2.45, 2.75) is 46.5 Å². The van der Waals surface area contributed by atoms with Gasteiger partial charge in [0.2, 0.25) is 5.91 Å². The molecule has 1 N–H and O–H groups in total. The molecule has 0 unspecified atom stereocenters. The summed E-state index contributed by atoms with van der Waals surface area (Å²) in [5, 5.41) is 0. The highest BCUT2D eigenvalue weighted by Gasteiger charge is 2.26. The van der Waals surface area contributed by atoms with Crippen LogP contribution in [0.15, 0.2) is 24.8 Å². The van der Waals surface area contributed by atoms with Crippen molar-refractivity contribution in [3.63, 3.8) is 0 Å². The molecule has 1 aliphatic rings. The van der Waals surface area contributed by atoms with Crippen LogP contribution in [0.3, 0.4) is 0 Å². The van der Waals surface area contributed by atoms with Crippen molar-refractivity contribution < 1.29 is 4.79 Å². The summed E-state index contributed by atoms with van der Waals surface area (Å²) in [4.78, 5) is 30.7. The van der Waals surface area contributed by atoms with Crippen molar-refractivity contribution in [3.8, 4) is 11.5 Å². The van der Waals surface area contributed by atoms with E-state index in [-0.39, 0.29) is 11.3 Å². The lowest BCUT2D eigenvalue weighted by atomic mass is 9.89. The number of nitrogens with one attached hydrogen (secondary N) is 1. The van der Waals surface area contributed by atoms with Gasteiger partial charge in [-0.2, -0.15) is 0 Å². The average Bonchev–Trinajstić information content (AvgIpc) is 3.09. The Bertz CT molecular complexity index is 688. The monoisotopic (exact) mass is 341 g/mol. The molecule has 0 radical (unpaired) electrons. The summed E-state index contributed by atoms with van der Waals surface area (Å²) in [5.74, 6) is 1.47. The molecule has 0 aromatic carbocycles. The minimum Gasteiger partial charge on any atom is -0.343 e. The zero-order valence-corrected chi connectivity index (χ0v) is 15.3. The lowest BCUT2D eigenvalue weighted by molar-refractivity contribution is -0.134. The molecule has 3 rings (SSSR count). The first kappa shape index (κ1) is 17.6. The molecule has 3 heterocycles. The number of nitrogens with zero attached hydrogens (tertiary/aromatic N) is 4. The third-order valence-corrected chi connectivity index (χ3v) is 4.50. The van der Waals surface area contributed by atoms with Crippen LogP contribution in [0.5, 0.6) is 0 Å². The van der Waals surface area contributed by atoms with Crippen molar-refractivity contribution in [1.29, 1.82) is 0 Å². The Hall–Kier alpha value is -2.24. The highest BCUT2D eigenvalue weighted by molar-refractivity contribution is 5.76. The van der Waals surface area contributed by atoms with Crippen LogP contribution in [0.25, 0.3) is 11.5 Å². The lowest BCUT2D eigenvalue weighted by Gasteiger charge is -2.34. The van der Waals surface area contributed by atoms with Crippen LogP contribution in [0.2, 0.25) is 0 Å². The minimum atomic E-state index is 0.0389. The van der Waals surface area contributed by atoms with E-state index in [1.54, 1.807) is 18.6 Å². The van der Waals surface area contributed by atoms with E-state index >= 15 is 0 Å². The van der Waals surface area contributed by atoms with Crippen LogP contribution in [0.4, 0.5) is 0 Å². The standard InChI is InChI=1S/C19H27N5O/c1-19(2,3)10-17(25)24-8-4-5-14(13-24)9-15-11-23-16(12-22-15)18-20-6-7-21-18/h6-7,11-12,14H,4-5,8-10,13H2,1-3H3,(H,20,21)/t14-/m0/s1. The van der Waals surface area contributed by atoms with Crippen LogP contribution in [0.1, 0.15) is 45.7 Å². The summed E-state index contributed by atoms with van der Waals surface area (Å²) < 4.78 is 0. The van der Waals surface area contributed by atoms with E-state index in [0.29, 0.717) is 12.3 Å². The molecule has 0 saturated carbocycles. The van der Waals surface area contributed by atoms with E-state index in [9.17, 15) is 4.79 Å². The Kier molecular flexibility index (Phi) is 5.16. The first-order chi connectivity index (χ1) is 11.9. The number of H-pyrrole nitrogens is 1. The van der Waals surface area contributed by atoms with E-state index in [1.165, 1.54) is 0 Å². The molecule has 134 valence electrons. The molecule has 2 aromatic rings. The molecule has 1 atom stereocenters. The maximum atomic E-state index is 12.5. The molecule has 0 spiro atoms. The summed E-state index contributed by atoms with van der Waals surface area (Å²) in [7, 11) is 0. The van der Waals surface area contributed by atoms with Crippen molar-refractivity contribution in [2.75, 3.05) is 13.1 Å². The number of hydrogen-bond donors (Lipinski definition) is 1. The number of piperidine rings is 1. The molecule has 25 heavy (non-hydrogen) atoms. The SMILES string of the molecule is CC(C)(C)CC(=O)N1CCC[C@@H](Cc2cnc(-c3ncc[nH]3)cn2)C1. The van der Waals surface area contributed by atoms with Crippen LogP contribution in [-0.2, 0) is 11.2 Å². The maximum absolute atomic E-state index is 12.5.